The summed E-state index contributed by atoms with van der Waals surface area (Å²) in [6.07, 6.45) is 0. The van der Waals surface area contributed by atoms with E-state index in [0.717, 1.165) is 7.11 Å². The largest absolute Gasteiger partial charge is 1.00 e. The average molecular weight is 214 g/mol. The van der Waals surface area contributed by atoms with Crippen LogP contribution in [0.4, 0.5) is 4.39 Å². The Labute approximate surface area is 102 Å². The zero-order chi connectivity index (χ0) is 10.4. The first-order valence-electron chi connectivity index (χ1n) is 3.36. The molecular weight excluding hydrogens is 206 g/mol. The van der Waals surface area contributed by atoms with Gasteiger partial charge in [-0.05, 0) is 6.61 Å². The second-order valence-corrected chi connectivity index (χ2v) is 1.86. The van der Waals surface area contributed by atoms with E-state index in [2.05, 4.69) is 9.47 Å². The minimum atomic E-state index is -1.77. The first-order valence-corrected chi connectivity index (χ1v) is 3.36. The molecule has 0 aromatic carbocycles. The molecular formula is C7H8FNaO5. The van der Waals surface area contributed by atoms with Gasteiger partial charge in [0.1, 0.15) is 0 Å². The molecule has 0 saturated carbocycles. The Balaban J connectivity index is 0. The molecule has 74 valence electrons. The van der Waals surface area contributed by atoms with E-state index in [1.807, 2.05) is 0 Å². The molecule has 0 aromatic rings. The van der Waals surface area contributed by atoms with Gasteiger partial charge in [-0.3, -0.25) is 4.79 Å². The van der Waals surface area contributed by atoms with E-state index in [0.29, 0.717) is 0 Å². The molecule has 0 heterocycles. The summed E-state index contributed by atoms with van der Waals surface area (Å²) in [6, 6.07) is 0. The van der Waals surface area contributed by atoms with Crippen molar-refractivity contribution >= 4 is 11.8 Å². The fraction of sp³-hybridized carbons (Fsp3) is 0.429. The molecule has 0 aliphatic heterocycles. The van der Waals surface area contributed by atoms with Crippen molar-refractivity contribution < 1.29 is 58.1 Å². The summed E-state index contributed by atoms with van der Waals surface area (Å²) in [5.74, 6) is -6.31. The molecule has 0 unspecified atom stereocenters. The quantitative estimate of drug-likeness (QED) is 0.158. The number of carbonyl (C=O) groups excluding carboxylic acids is 2. The Morgan fingerprint density at radius 3 is 2.29 bits per heavy atom. The zero-order valence-corrected chi connectivity index (χ0v) is 10.1. The minimum Gasteiger partial charge on any atom is -0.611 e. The van der Waals surface area contributed by atoms with Gasteiger partial charge in [0.15, 0.2) is 5.83 Å². The van der Waals surface area contributed by atoms with E-state index in [1.54, 1.807) is 0 Å². The van der Waals surface area contributed by atoms with Gasteiger partial charge in [0, 0.05) is 0 Å². The Bertz CT molecular complexity index is 250. The SMILES string of the molecule is CCO/C([O-])=C(\F)C(=O)C(=O)OC.[Na+]. The number of halogens is 1. The smallest absolute Gasteiger partial charge is 0.611 e. The molecule has 0 aliphatic carbocycles. The van der Waals surface area contributed by atoms with Gasteiger partial charge in [-0.1, -0.05) is 6.92 Å². The number of ether oxygens (including phenoxy) is 2. The van der Waals surface area contributed by atoms with Crippen LogP contribution in [-0.4, -0.2) is 25.5 Å². The second kappa shape index (κ2) is 7.78. The molecule has 5 nitrogen and oxygen atoms in total. The normalized spacial score (nSPS) is 10.8. The van der Waals surface area contributed by atoms with Crippen LogP contribution in [0.25, 0.3) is 0 Å². The first kappa shape index (κ1) is 15.9. The van der Waals surface area contributed by atoms with Crippen LogP contribution in [-0.2, 0) is 19.1 Å². The molecule has 7 heteroatoms. The Kier molecular flexibility index (Phi) is 8.82. The molecule has 0 N–H and O–H groups in total. The van der Waals surface area contributed by atoms with Gasteiger partial charge >= 0.3 is 35.5 Å². The summed E-state index contributed by atoms with van der Waals surface area (Å²) in [5, 5.41) is 10.5. The third-order valence-electron chi connectivity index (χ3n) is 1.02. The summed E-state index contributed by atoms with van der Waals surface area (Å²) in [5.41, 5.74) is 0. The van der Waals surface area contributed by atoms with Gasteiger partial charge in [0.25, 0.3) is 5.78 Å². The Morgan fingerprint density at radius 1 is 1.43 bits per heavy atom. The summed E-state index contributed by atoms with van der Waals surface area (Å²) in [4.78, 5) is 21.0. The molecule has 0 atom stereocenters. The zero-order valence-electron chi connectivity index (χ0n) is 8.13. The van der Waals surface area contributed by atoms with Crippen molar-refractivity contribution in [2.45, 2.75) is 6.92 Å². The van der Waals surface area contributed by atoms with Gasteiger partial charge in [-0.2, -0.15) is 0 Å². The van der Waals surface area contributed by atoms with Crippen molar-refractivity contribution in [2.75, 3.05) is 13.7 Å². The van der Waals surface area contributed by atoms with Crippen molar-refractivity contribution in [3.05, 3.63) is 11.8 Å². The van der Waals surface area contributed by atoms with E-state index >= 15 is 0 Å². The maximum absolute atomic E-state index is 12.6. The monoisotopic (exact) mass is 214 g/mol. The molecule has 0 radical (unpaired) electrons. The summed E-state index contributed by atoms with van der Waals surface area (Å²) in [6.45, 7) is 1.36. The summed E-state index contributed by atoms with van der Waals surface area (Å²) in [7, 11) is 0.901. The third kappa shape index (κ3) is 4.59. The van der Waals surface area contributed by atoms with Gasteiger partial charge in [-0.15, -0.1) is 0 Å². The van der Waals surface area contributed by atoms with Crippen LogP contribution < -0.4 is 34.7 Å². The van der Waals surface area contributed by atoms with E-state index in [4.69, 9.17) is 0 Å². The molecule has 0 aliphatic rings. The van der Waals surface area contributed by atoms with Crippen LogP contribution in [0.3, 0.4) is 0 Å². The van der Waals surface area contributed by atoms with Gasteiger partial charge in [0.05, 0.1) is 13.1 Å². The number of carbonyl (C=O) groups is 2. The fourth-order valence-corrected chi connectivity index (χ4v) is 0.469. The number of methoxy groups -OCH3 is 1. The third-order valence-corrected chi connectivity index (χ3v) is 1.02. The van der Waals surface area contributed by atoms with E-state index in [9.17, 15) is 19.1 Å². The predicted molar refractivity (Wildman–Crippen MR) is 36.8 cm³/mol. The van der Waals surface area contributed by atoms with Crippen LogP contribution >= 0.6 is 0 Å². The van der Waals surface area contributed by atoms with Crippen LogP contribution in [0.1, 0.15) is 6.92 Å². The molecule has 0 spiro atoms. The average Bonchev–Trinajstić information content (AvgIpc) is 2.14. The minimum absolute atomic E-state index is 0. The maximum atomic E-state index is 12.6. The van der Waals surface area contributed by atoms with Crippen LogP contribution in [0.5, 0.6) is 0 Å². The van der Waals surface area contributed by atoms with Crippen molar-refractivity contribution in [1.29, 1.82) is 0 Å². The topological polar surface area (TPSA) is 75.7 Å². The molecule has 0 bridgehead atoms. The van der Waals surface area contributed by atoms with E-state index in [-0.39, 0.29) is 36.2 Å². The van der Waals surface area contributed by atoms with Gasteiger partial charge in [-0.25, -0.2) is 9.18 Å². The number of Topliss-reactive ketones (excluding diaryl/α,β-unsaturated/α-hetero) is 1. The molecule has 0 rings (SSSR count). The molecule has 0 saturated heterocycles. The van der Waals surface area contributed by atoms with Crippen LogP contribution in [0.2, 0.25) is 0 Å². The number of ketones is 1. The van der Waals surface area contributed by atoms with Crippen LogP contribution in [0, 0.1) is 0 Å². The number of esters is 1. The second-order valence-electron chi connectivity index (χ2n) is 1.86. The number of hydrogen-bond acceptors (Lipinski definition) is 5. The molecule has 14 heavy (non-hydrogen) atoms. The summed E-state index contributed by atoms with van der Waals surface area (Å²) >= 11 is 0. The molecule has 0 fully saturated rings. The van der Waals surface area contributed by atoms with Gasteiger partial charge in [0.2, 0.25) is 0 Å². The van der Waals surface area contributed by atoms with Crippen molar-refractivity contribution in [2.24, 2.45) is 0 Å². The fourth-order valence-electron chi connectivity index (χ4n) is 0.469. The number of rotatable bonds is 4. The Hall–Kier alpha value is -0.590. The Morgan fingerprint density at radius 2 is 1.93 bits per heavy atom. The van der Waals surface area contributed by atoms with E-state index in [1.165, 1.54) is 6.92 Å². The van der Waals surface area contributed by atoms with Crippen molar-refractivity contribution in [3.63, 3.8) is 0 Å². The van der Waals surface area contributed by atoms with Crippen LogP contribution in [0.15, 0.2) is 11.8 Å². The first-order chi connectivity index (χ1) is 6.04. The summed E-state index contributed by atoms with van der Waals surface area (Å²) < 4.78 is 20.7. The molecule has 0 amide bonds. The van der Waals surface area contributed by atoms with Crippen molar-refractivity contribution in [3.8, 4) is 0 Å². The standard InChI is InChI=1S/C7H9FO5.Na/c1-3-13-6(10)4(8)5(9)7(11)12-2;/h10H,3H2,1-2H3;/q;+1/p-1/b6-4-;. The molecule has 0 aromatic heterocycles. The van der Waals surface area contributed by atoms with Gasteiger partial charge < -0.3 is 14.6 Å². The number of hydrogen-bond donors (Lipinski definition) is 0. The van der Waals surface area contributed by atoms with Crippen molar-refractivity contribution in [1.82, 2.24) is 0 Å². The maximum Gasteiger partial charge on any atom is 1.00 e. The van der Waals surface area contributed by atoms with E-state index < -0.39 is 23.5 Å². The predicted octanol–water partition coefficient (Wildman–Crippen LogP) is -3.73.